The van der Waals surface area contributed by atoms with Gasteiger partial charge in [-0.3, -0.25) is 0 Å². The van der Waals surface area contributed by atoms with E-state index in [0.717, 1.165) is 39.6 Å². The second-order valence-corrected chi connectivity index (χ2v) is 6.23. The Bertz CT molecular complexity index is 904. The Labute approximate surface area is 160 Å². The minimum Gasteiger partial charge on any atom is -0.497 e. The van der Waals surface area contributed by atoms with E-state index >= 15 is 0 Å². The highest BCUT2D eigenvalue weighted by Gasteiger charge is 2.10. The summed E-state index contributed by atoms with van der Waals surface area (Å²) in [6.07, 6.45) is 0. The van der Waals surface area contributed by atoms with Crippen molar-refractivity contribution < 1.29 is 14.2 Å². The van der Waals surface area contributed by atoms with E-state index in [1.165, 1.54) is 5.56 Å². The largest absolute Gasteiger partial charge is 0.497 e. The first-order valence-corrected chi connectivity index (χ1v) is 8.87. The Balaban J connectivity index is 1.87. The Morgan fingerprint density at radius 2 is 1.59 bits per heavy atom. The summed E-state index contributed by atoms with van der Waals surface area (Å²) in [5.41, 5.74) is 5.47. The Hall–Kier alpha value is -3.14. The van der Waals surface area contributed by atoms with Gasteiger partial charge in [0.15, 0.2) is 0 Å². The molecule has 4 nitrogen and oxygen atoms in total. The molecule has 3 aromatic rings. The van der Waals surface area contributed by atoms with Gasteiger partial charge in [0.25, 0.3) is 0 Å². The van der Waals surface area contributed by atoms with Gasteiger partial charge in [-0.05, 0) is 54.4 Å². The van der Waals surface area contributed by atoms with Gasteiger partial charge in [-0.15, -0.1) is 0 Å². The Kier molecular flexibility index (Phi) is 5.87. The predicted molar refractivity (Wildman–Crippen MR) is 110 cm³/mol. The van der Waals surface area contributed by atoms with Crippen molar-refractivity contribution in [3.05, 3.63) is 71.8 Å². The van der Waals surface area contributed by atoms with Crippen molar-refractivity contribution in [3.8, 4) is 28.4 Å². The first-order chi connectivity index (χ1) is 13.2. The molecule has 0 aliphatic carbocycles. The highest BCUT2D eigenvalue weighted by molar-refractivity contribution is 5.72. The number of hydrogen-bond donors (Lipinski definition) is 1. The van der Waals surface area contributed by atoms with Crippen molar-refractivity contribution in [2.24, 2.45) is 0 Å². The van der Waals surface area contributed by atoms with E-state index in [2.05, 4.69) is 24.4 Å². The highest BCUT2D eigenvalue weighted by atomic mass is 16.5. The third-order valence-electron chi connectivity index (χ3n) is 4.63. The van der Waals surface area contributed by atoms with Crippen molar-refractivity contribution in [2.45, 2.75) is 13.5 Å². The molecule has 0 heterocycles. The molecule has 1 N–H and O–H groups in total. The molecular formula is C23H25NO3. The standard InChI is InChI=1S/C23H25NO3/c1-16-6-5-7-22(24-2)21(16)15-27-19-12-13-23(26-4)20(14-19)17-8-10-18(25-3)11-9-17/h5-14,24H,15H2,1-4H3. The molecule has 0 aliphatic heterocycles. The second-order valence-electron chi connectivity index (χ2n) is 6.23. The van der Waals surface area contributed by atoms with Crippen molar-refractivity contribution in [3.63, 3.8) is 0 Å². The smallest absolute Gasteiger partial charge is 0.126 e. The van der Waals surface area contributed by atoms with Crippen LogP contribution in [0.15, 0.2) is 60.7 Å². The monoisotopic (exact) mass is 363 g/mol. The minimum absolute atomic E-state index is 0.497. The maximum atomic E-state index is 6.10. The zero-order valence-electron chi connectivity index (χ0n) is 16.2. The molecule has 0 unspecified atom stereocenters. The molecule has 3 rings (SSSR count). The molecule has 0 aromatic heterocycles. The molecule has 0 spiro atoms. The number of anilines is 1. The number of nitrogens with one attached hydrogen (secondary N) is 1. The van der Waals surface area contributed by atoms with Gasteiger partial charge in [-0.2, -0.15) is 0 Å². The summed E-state index contributed by atoms with van der Waals surface area (Å²) in [5.74, 6) is 2.43. The number of hydrogen-bond acceptors (Lipinski definition) is 4. The molecule has 0 saturated carbocycles. The Morgan fingerprint density at radius 1 is 0.852 bits per heavy atom. The van der Waals surface area contributed by atoms with E-state index in [1.807, 2.05) is 55.6 Å². The number of aryl methyl sites for hydroxylation is 1. The molecule has 27 heavy (non-hydrogen) atoms. The normalized spacial score (nSPS) is 10.4. The summed E-state index contributed by atoms with van der Waals surface area (Å²) in [6.45, 7) is 2.59. The third kappa shape index (κ3) is 4.17. The van der Waals surface area contributed by atoms with Crippen LogP contribution < -0.4 is 19.5 Å². The average molecular weight is 363 g/mol. The number of rotatable bonds is 7. The third-order valence-corrected chi connectivity index (χ3v) is 4.63. The van der Waals surface area contributed by atoms with Crippen LogP contribution in [0.5, 0.6) is 17.2 Å². The van der Waals surface area contributed by atoms with E-state index in [0.29, 0.717) is 6.61 Å². The lowest BCUT2D eigenvalue weighted by Gasteiger charge is -2.15. The molecule has 0 fully saturated rings. The Morgan fingerprint density at radius 3 is 2.26 bits per heavy atom. The summed E-state index contributed by atoms with van der Waals surface area (Å²) in [6, 6.07) is 20.0. The first kappa shape index (κ1) is 18.6. The maximum Gasteiger partial charge on any atom is 0.126 e. The van der Waals surface area contributed by atoms with Gasteiger partial charge in [-0.1, -0.05) is 24.3 Å². The fourth-order valence-electron chi connectivity index (χ4n) is 3.06. The van der Waals surface area contributed by atoms with Crippen molar-refractivity contribution in [1.29, 1.82) is 0 Å². The van der Waals surface area contributed by atoms with Crippen LogP contribution in [-0.4, -0.2) is 21.3 Å². The predicted octanol–water partition coefficient (Wildman–Crippen LogP) is 5.30. The molecule has 3 aromatic carbocycles. The molecule has 0 bridgehead atoms. The maximum absolute atomic E-state index is 6.10. The van der Waals surface area contributed by atoms with Crippen molar-refractivity contribution in [1.82, 2.24) is 0 Å². The molecule has 0 saturated heterocycles. The number of ether oxygens (including phenoxy) is 3. The van der Waals surface area contributed by atoms with Gasteiger partial charge in [0.2, 0.25) is 0 Å². The van der Waals surface area contributed by atoms with Crippen LogP contribution in [0.4, 0.5) is 5.69 Å². The van der Waals surface area contributed by atoms with Crippen LogP contribution in [0.2, 0.25) is 0 Å². The summed E-state index contributed by atoms with van der Waals surface area (Å²) in [5, 5.41) is 3.23. The fourth-order valence-corrected chi connectivity index (χ4v) is 3.06. The van der Waals surface area contributed by atoms with Crippen molar-refractivity contribution in [2.75, 3.05) is 26.6 Å². The fraction of sp³-hybridized carbons (Fsp3) is 0.217. The molecule has 0 amide bonds. The van der Waals surface area contributed by atoms with Gasteiger partial charge >= 0.3 is 0 Å². The molecule has 0 radical (unpaired) electrons. The van der Waals surface area contributed by atoms with Crippen LogP contribution >= 0.6 is 0 Å². The molecule has 140 valence electrons. The van der Waals surface area contributed by atoms with Gasteiger partial charge in [0.05, 0.1) is 14.2 Å². The molecule has 0 atom stereocenters. The SMILES string of the molecule is CNc1cccc(C)c1COc1ccc(OC)c(-c2ccc(OC)cc2)c1. The zero-order chi connectivity index (χ0) is 19.2. The van der Waals surface area contributed by atoms with E-state index in [9.17, 15) is 0 Å². The molecule has 4 heteroatoms. The summed E-state index contributed by atoms with van der Waals surface area (Å²) >= 11 is 0. The average Bonchev–Trinajstić information content (AvgIpc) is 2.72. The number of benzene rings is 3. The van der Waals surface area contributed by atoms with Crippen LogP contribution in [0.25, 0.3) is 11.1 Å². The molecule has 0 aliphatic rings. The molecular weight excluding hydrogens is 338 g/mol. The summed E-state index contributed by atoms with van der Waals surface area (Å²) < 4.78 is 16.9. The van der Waals surface area contributed by atoms with E-state index in [-0.39, 0.29) is 0 Å². The van der Waals surface area contributed by atoms with E-state index in [1.54, 1.807) is 14.2 Å². The van der Waals surface area contributed by atoms with Gasteiger partial charge in [0, 0.05) is 23.9 Å². The van der Waals surface area contributed by atoms with Gasteiger partial charge in [0.1, 0.15) is 23.9 Å². The van der Waals surface area contributed by atoms with E-state index in [4.69, 9.17) is 14.2 Å². The lowest BCUT2D eigenvalue weighted by Crippen LogP contribution is -2.03. The second kappa shape index (κ2) is 8.49. The van der Waals surface area contributed by atoms with Crippen LogP contribution in [0.1, 0.15) is 11.1 Å². The van der Waals surface area contributed by atoms with Gasteiger partial charge in [-0.25, -0.2) is 0 Å². The van der Waals surface area contributed by atoms with Crippen LogP contribution in [0, 0.1) is 6.92 Å². The van der Waals surface area contributed by atoms with Crippen LogP contribution in [-0.2, 0) is 6.61 Å². The summed E-state index contributed by atoms with van der Waals surface area (Å²) in [4.78, 5) is 0. The first-order valence-electron chi connectivity index (χ1n) is 8.87. The highest BCUT2D eigenvalue weighted by Crippen LogP contribution is 2.34. The van der Waals surface area contributed by atoms with E-state index < -0.39 is 0 Å². The summed E-state index contributed by atoms with van der Waals surface area (Å²) in [7, 11) is 5.26. The van der Waals surface area contributed by atoms with Crippen molar-refractivity contribution >= 4 is 5.69 Å². The number of methoxy groups -OCH3 is 2. The lowest BCUT2D eigenvalue weighted by atomic mass is 10.0. The van der Waals surface area contributed by atoms with Crippen LogP contribution in [0.3, 0.4) is 0 Å². The lowest BCUT2D eigenvalue weighted by molar-refractivity contribution is 0.305. The quantitative estimate of drug-likeness (QED) is 0.618. The minimum atomic E-state index is 0.497. The topological polar surface area (TPSA) is 39.7 Å². The van der Waals surface area contributed by atoms with Gasteiger partial charge < -0.3 is 19.5 Å². The zero-order valence-corrected chi connectivity index (χ0v) is 16.2.